The molecule has 0 aliphatic heterocycles. The Morgan fingerprint density at radius 3 is 2.11 bits per heavy atom. The molecule has 0 radical (unpaired) electrons. The molecule has 0 aliphatic carbocycles. The van der Waals surface area contributed by atoms with Gasteiger partial charge in [-0.2, -0.15) is 0 Å². The van der Waals surface area contributed by atoms with Crippen molar-refractivity contribution >= 4 is 11.9 Å². The van der Waals surface area contributed by atoms with Gasteiger partial charge in [0.2, 0.25) is 0 Å². The van der Waals surface area contributed by atoms with Gasteiger partial charge in [0, 0.05) is 6.21 Å². The molecule has 2 rings (SSSR count). The minimum atomic E-state index is -4.67. The van der Waals surface area contributed by atoms with Crippen LogP contribution in [0.5, 0.6) is 5.75 Å². The van der Waals surface area contributed by atoms with Crippen LogP contribution in [0, 0.1) is 0 Å². The number of benzene rings is 2. The van der Waals surface area contributed by atoms with Crippen LogP contribution in [0.3, 0.4) is 0 Å². The van der Waals surface area contributed by atoms with E-state index in [1.54, 1.807) is 6.21 Å². The van der Waals surface area contributed by atoms with Crippen molar-refractivity contribution in [2.45, 2.75) is 6.36 Å². The van der Waals surface area contributed by atoms with Gasteiger partial charge < -0.3 is 4.74 Å². The molecule has 0 aliphatic rings. The molecule has 0 amide bonds. The quantitative estimate of drug-likeness (QED) is 0.757. The third kappa shape index (κ3) is 4.46. The summed E-state index contributed by atoms with van der Waals surface area (Å²) in [7, 11) is 0. The highest BCUT2D eigenvalue weighted by Gasteiger charge is 2.30. The maximum Gasteiger partial charge on any atom is 0.573 e. The predicted octanol–water partition coefficient (Wildman–Crippen LogP) is 4.34. The van der Waals surface area contributed by atoms with Crippen LogP contribution in [0.25, 0.3) is 0 Å². The van der Waals surface area contributed by atoms with E-state index in [4.69, 9.17) is 0 Å². The Kier molecular flexibility index (Phi) is 3.85. The molecule has 0 spiro atoms. The van der Waals surface area contributed by atoms with E-state index in [1.807, 2.05) is 30.3 Å². The number of halogens is 3. The first-order valence-corrected chi connectivity index (χ1v) is 5.48. The number of rotatable bonds is 3. The predicted molar refractivity (Wildman–Crippen MR) is 66.8 cm³/mol. The lowest BCUT2D eigenvalue weighted by atomic mass is 10.2. The van der Waals surface area contributed by atoms with Gasteiger partial charge in [-0.1, -0.05) is 18.2 Å². The van der Waals surface area contributed by atoms with E-state index in [9.17, 15) is 13.2 Å². The molecule has 0 bridgehead atoms. The maximum absolute atomic E-state index is 12.0. The van der Waals surface area contributed by atoms with E-state index in [0.717, 1.165) is 5.69 Å². The van der Waals surface area contributed by atoms with Gasteiger partial charge >= 0.3 is 6.36 Å². The minimum absolute atomic E-state index is 0.246. The first-order valence-electron chi connectivity index (χ1n) is 5.48. The molecule has 0 unspecified atom stereocenters. The lowest BCUT2D eigenvalue weighted by molar-refractivity contribution is -0.274. The van der Waals surface area contributed by atoms with E-state index in [-0.39, 0.29) is 5.75 Å². The molecular weight excluding hydrogens is 255 g/mol. The van der Waals surface area contributed by atoms with Crippen LogP contribution < -0.4 is 4.74 Å². The van der Waals surface area contributed by atoms with Crippen molar-refractivity contribution in [3.8, 4) is 5.75 Å². The van der Waals surface area contributed by atoms with E-state index in [1.165, 1.54) is 24.3 Å². The molecule has 19 heavy (non-hydrogen) atoms. The molecule has 0 fully saturated rings. The molecule has 98 valence electrons. The third-order valence-electron chi connectivity index (χ3n) is 2.23. The molecule has 0 aromatic heterocycles. The Hall–Kier alpha value is -2.30. The minimum Gasteiger partial charge on any atom is -0.406 e. The van der Waals surface area contributed by atoms with Crippen LogP contribution in [0.1, 0.15) is 5.56 Å². The van der Waals surface area contributed by atoms with Gasteiger partial charge in [0.05, 0.1) is 5.69 Å². The normalized spacial score (nSPS) is 11.7. The number of nitrogens with zero attached hydrogens (tertiary/aromatic N) is 1. The summed E-state index contributed by atoms with van der Waals surface area (Å²) in [5.41, 5.74) is 1.47. The second kappa shape index (κ2) is 5.56. The number of hydrogen-bond donors (Lipinski definition) is 0. The molecule has 0 saturated carbocycles. The van der Waals surface area contributed by atoms with Crippen molar-refractivity contribution in [2.75, 3.05) is 0 Å². The molecule has 0 atom stereocenters. The summed E-state index contributed by atoms with van der Waals surface area (Å²) < 4.78 is 39.7. The van der Waals surface area contributed by atoms with Crippen molar-refractivity contribution in [1.82, 2.24) is 0 Å². The van der Waals surface area contributed by atoms with Crippen LogP contribution in [0.15, 0.2) is 59.6 Å². The lowest BCUT2D eigenvalue weighted by Crippen LogP contribution is -2.16. The van der Waals surface area contributed by atoms with Gasteiger partial charge in [-0.05, 0) is 42.0 Å². The lowest BCUT2D eigenvalue weighted by Gasteiger charge is -2.08. The first kappa shape index (κ1) is 13.1. The van der Waals surface area contributed by atoms with Gasteiger partial charge in [-0.15, -0.1) is 13.2 Å². The summed E-state index contributed by atoms with van der Waals surface area (Å²) in [5.74, 6) is -0.246. The highest BCUT2D eigenvalue weighted by atomic mass is 19.4. The van der Waals surface area contributed by atoms with Crippen molar-refractivity contribution in [1.29, 1.82) is 0 Å². The fraction of sp³-hybridized carbons (Fsp3) is 0.0714. The Bertz CT molecular complexity index is 547. The molecular formula is C14H10F3NO. The standard InChI is InChI=1S/C14H10F3NO/c15-14(16,17)19-13-8-6-11(7-9-13)10-18-12-4-2-1-3-5-12/h1-10H/b18-10-. The van der Waals surface area contributed by atoms with E-state index < -0.39 is 6.36 Å². The van der Waals surface area contributed by atoms with Crippen LogP contribution >= 0.6 is 0 Å². The fourth-order valence-electron chi connectivity index (χ4n) is 1.42. The highest BCUT2D eigenvalue weighted by Crippen LogP contribution is 2.22. The van der Waals surface area contributed by atoms with Crippen LogP contribution in [0.4, 0.5) is 18.9 Å². The topological polar surface area (TPSA) is 21.6 Å². The summed E-state index contributed by atoms with van der Waals surface area (Å²) in [5, 5.41) is 0. The molecule has 0 heterocycles. The molecule has 0 saturated heterocycles. The molecule has 0 N–H and O–H groups in total. The summed E-state index contributed by atoms with van der Waals surface area (Å²) in [6, 6.07) is 14.8. The Balaban J connectivity index is 2.05. The van der Waals surface area contributed by atoms with E-state index >= 15 is 0 Å². The van der Waals surface area contributed by atoms with Crippen LogP contribution in [-0.2, 0) is 0 Å². The Morgan fingerprint density at radius 2 is 1.53 bits per heavy atom. The average Bonchev–Trinajstić information content (AvgIpc) is 2.37. The Morgan fingerprint density at radius 1 is 0.895 bits per heavy atom. The summed E-state index contributed by atoms with van der Waals surface area (Å²) in [6.07, 6.45) is -3.09. The van der Waals surface area contributed by atoms with Gasteiger partial charge in [-0.25, -0.2) is 0 Å². The molecule has 5 heteroatoms. The summed E-state index contributed by atoms with van der Waals surface area (Å²) in [6.45, 7) is 0. The van der Waals surface area contributed by atoms with Crippen LogP contribution in [0.2, 0.25) is 0 Å². The van der Waals surface area contributed by atoms with Crippen molar-refractivity contribution in [3.63, 3.8) is 0 Å². The van der Waals surface area contributed by atoms with Gasteiger partial charge in [0.15, 0.2) is 0 Å². The number of hydrogen-bond acceptors (Lipinski definition) is 2. The number of para-hydroxylation sites is 1. The first-order chi connectivity index (χ1) is 9.03. The maximum atomic E-state index is 12.0. The Labute approximate surface area is 108 Å². The zero-order valence-corrected chi connectivity index (χ0v) is 9.76. The zero-order chi connectivity index (χ0) is 13.7. The zero-order valence-electron chi connectivity index (χ0n) is 9.76. The number of alkyl halides is 3. The van der Waals surface area contributed by atoms with Gasteiger partial charge in [-0.3, -0.25) is 4.99 Å². The SMILES string of the molecule is FC(F)(F)Oc1ccc(/C=N\c2ccccc2)cc1. The molecule has 2 aromatic carbocycles. The van der Waals surface area contributed by atoms with E-state index in [2.05, 4.69) is 9.73 Å². The molecule has 2 nitrogen and oxygen atoms in total. The van der Waals surface area contributed by atoms with Crippen LogP contribution in [-0.4, -0.2) is 12.6 Å². The van der Waals surface area contributed by atoms with Crippen molar-refractivity contribution in [3.05, 3.63) is 60.2 Å². The van der Waals surface area contributed by atoms with Gasteiger partial charge in [0.25, 0.3) is 0 Å². The number of ether oxygens (including phenoxy) is 1. The number of aliphatic imine (C=N–C) groups is 1. The second-order valence-corrected chi connectivity index (χ2v) is 3.71. The average molecular weight is 265 g/mol. The fourth-order valence-corrected chi connectivity index (χ4v) is 1.42. The smallest absolute Gasteiger partial charge is 0.406 e. The largest absolute Gasteiger partial charge is 0.573 e. The summed E-state index contributed by atoms with van der Waals surface area (Å²) in [4.78, 5) is 4.19. The van der Waals surface area contributed by atoms with Gasteiger partial charge in [0.1, 0.15) is 5.75 Å². The van der Waals surface area contributed by atoms with E-state index in [0.29, 0.717) is 5.56 Å². The van der Waals surface area contributed by atoms with Crippen molar-refractivity contribution in [2.24, 2.45) is 4.99 Å². The monoisotopic (exact) mass is 265 g/mol. The van der Waals surface area contributed by atoms with Crippen molar-refractivity contribution < 1.29 is 17.9 Å². The highest BCUT2D eigenvalue weighted by molar-refractivity contribution is 5.82. The second-order valence-electron chi connectivity index (χ2n) is 3.71. The summed E-state index contributed by atoms with van der Waals surface area (Å²) >= 11 is 0. The third-order valence-corrected chi connectivity index (χ3v) is 2.23. The molecule has 2 aromatic rings.